The van der Waals surface area contributed by atoms with Crippen LogP contribution >= 0.6 is 11.3 Å². The number of rotatable bonds is 6. The fourth-order valence-electron chi connectivity index (χ4n) is 4.28. The van der Waals surface area contributed by atoms with Crippen LogP contribution in [0.3, 0.4) is 0 Å². The third-order valence-corrected chi connectivity index (χ3v) is 6.70. The van der Waals surface area contributed by atoms with Crippen molar-refractivity contribution >= 4 is 33.1 Å². The summed E-state index contributed by atoms with van der Waals surface area (Å²) in [4.78, 5) is 16.0. The molecule has 1 atom stereocenters. The first-order valence-electron chi connectivity index (χ1n) is 10.3. The summed E-state index contributed by atoms with van der Waals surface area (Å²) in [6.07, 6.45) is 0. The number of hydrogen-bond donors (Lipinski definition) is 1. The molecular formula is C24H24N2O3S. The van der Waals surface area contributed by atoms with Crippen LogP contribution in [0.1, 0.15) is 16.5 Å². The molecule has 1 aliphatic rings. The molecule has 0 spiro atoms. The van der Waals surface area contributed by atoms with Gasteiger partial charge in [0.15, 0.2) is 0 Å². The molecule has 1 N–H and O–H groups in total. The van der Waals surface area contributed by atoms with Crippen LogP contribution < -0.4 is 10.9 Å². The number of fused-ring (bicyclic) bond motifs is 3. The molecule has 4 aromatic rings. The topological polar surface area (TPSA) is 54.7 Å². The molecule has 1 saturated heterocycles. The van der Waals surface area contributed by atoms with Crippen molar-refractivity contribution in [1.82, 2.24) is 10.2 Å². The monoisotopic (exact) mass is 420 g/mol. The lowest BCUT2D eigenvalue weighted by molar-refractivity contribution is 0.0168. The lowest BCUT2D eigenvalue weighted by Crippen LogP contribution is -2.42. The van der Waals surface area contributed by atoms with Crippen molar-refractivity contribution < 1.29 is 9.15 Å². The average Bonchev–Trinajstić information content (AvgIpc) is 3.31. The highest BCUT2D eigenvalue weighted by Gasteiger charge is 2.23. The molecule has 154 valence electrons. The number of hydrogen-bond acceptors (Lipinski definition) is 6. The maximum Gasteiger partial charge on any atom is 0.336 e. The Morgan fingerprint density at radius 1 is 1.07 bits per heavy atom. The molecule has 30 heavy (non-hydrogen) atoms. The van der Waals surface area contributed by atoms with E-state index in [4.69, 9.17) is 9.15 Å². The van der Waals surface area contributed by atoms with E-state index in [1.165, 1.54) is 4.88 Å². The molecule has 5 rings (SSSR count). The van der Waals surface area contributed by atoms with Gasteiger partial charge in [0.25, 0.3) is 0 Å². The zero-order valence-electron chi connectivity index (χ0n) is 16.7. The van der Waals surface area contributed by atoms with Crippen LogP contribution in [0, 0.1) is 0 Å². The number of benzene rings is 2. The first kappa shape index (κ1) is 19.5. The molecule has 2 aromatic carbocycles. The molecule has 6 heteroatoms. The minimum atomic E-state index is -0.308. The molecule has 0 bridgehead atoms. The molecule has 0 radical (unpaired) electrons. The van der Waals surface area contributed by atoms with Gasteiger partial charge >= 0.3 is 5.63 Å². The summed E-state index contributed by atoms with van der Waals surface area (Å²) in [7, 11) is 0. The maximum atomic E-state index is 12.2. The zero-order valence-corrected chi connectivity index (χ0v) is 17.5. The van der Waals surface area contributed by atoms with Crippen LogP contribution in [0.2, 0.25) is 0 Å². The zero-order chi connectivity index (χ0) is 20.3. The quantitative estimate of drug-likeness (QED) is 0.375. The van der Waals surface area contributed by atoms with E-state index in [-0.39, 0.29) is 5.63 Å². The Balaban J connectivity index is 1.42. The van der Waals surface area contributed by atoms with Gasteiger partial charge in [0.2, 0.25) is 0 Å². The minimum Gasteiger partial charge on any atom is -0.423 e. The molecule has 0 saturated carbocycles. The van der Waals surface area contributed by atoms with Gasteiger partial charge in [-0.25, -0.2) is 4.79 Å². The summed E-state index contributed by atoms with van der Waals surface area (Å²) in [6, 6.07) is 18.4. The Morgan fingerprint density at radius 3 is 2.77 bits per heavy atom. The smallest absolute Gasteiger partial charge is 0.336 e. The van der Waals surface area contributed by atoms with Gasteiger partial charge in [0, 0.05) is 42.5 Å². The second-order valence-corrected chi connectivity index (χ2v) is 8.54. The van der Waals surface area contributed by atoms with Gasteiger partial charge in [0.05, 0.1) is 19.3 Å². The molecule has 3 heterocycles. The van der Waals surface area contributed by atoms with Gasteiger partial charge in [0.1, 0.15) is 5.58 Å². The number of ether oxygens (including phenoxy) is 1. The second-order valence-electron chi connectivity index (χ2n) is 7.56. The molecule has 0 amide bonds. The van der Waals surface area contributed by atoms with Crippen molar-refractivity contribution in [2.75, 3.05) is 32.8 Å². The first-order chi connectivity index (χ1) is 14.8. The van der Waals surface area contributed by atoms with E-state index in [0.717, 1.165) is 54.6 Å². The van der Waals surface area contributed by atoms with Gasteiger partial charge in [-0.15, -0.1) is 11.3 Å². The van der Waals surface area contributed by atoms with Crippen molar-refractivity contribution in [2.24, 2.45) is 0 Å². The number of morpholine rings is 1. The third-order valence-electron chi connectivity index (χ3n) is 5.73. The number of nitrogens with zero attached hydrogens (tertiary/aromatic N) is 1. The lowest BCUT2D eigenvalue weighted by Gasteiger charge is -2.34. The van der Waals surface area contributed by atoms with Gasteiger partial charge in [-0.3, -0.25) is 4.90 Å². The Bertz CT molecular complexity index is 1200. The number of nitrogens with one attached hydrogen (secondary N) is 1. The summed E-state index contributed by atoms with van der Waals surface area (Å²) in [5.74, 6) is 0. The van der Waals surface area contributed by atoms with E-state index in [1.54, 1.807) is 17.4 Å². The first-order valence-corrected chi connectivity index (χ1v) is 11.2. The third kappa shape index (κ3) is 3.91. The van der Waals surface area contributed by atoms with Gasteiger partial charge < -0.3 is 14.5 Å². The predicted octanol–water partition coefficient (Wildman–Crippen LogP) is 4.17. The summed E-state index contributed by atoms with van der Waals surface area (Å²) >= 11 is 1.79. The van der Waals surface area contributed by atoms with Crippen LogP contribution in [-0.2, 0) is 11.3 Å². The summed E-state index contributed by atoms with van der Waals surface area (Å²) < 4.78 is 11.0. The second kappa shape index (κ2) is 8.70. The van der Waals surface area contributed by atoms with Crippen molar-refractivity contribution in [1.29, 1.82) is 0 Å². The van der Waals surface area contributed by atoms with Crippen LogP contribution in [-0.4, -0.2) is 37.7 Å². The Labute approximate surface area is 178 Å². The predicted molar refractivity (Wildman–Crippen MR) is 121 cm³/mol. The van der Waals surface area contributed by atoms with E-state index in [2.05, 4.69) is 39.9 Å². The normalized spacial score (nSPS) is 16.3. The molecule has 1 fully saturated rings. The van der Waals surface area contributed by atoms with E-state index >= 15 is 0 Å². The van der Waals surface area contributed by atoms with Crippen molar-refractivity contribution in [3.05, 3.63) is 80.8 Å². The van der Waals surface area contributed by atoms with Crippen molar-refractivity contribution in [2.45, 2.75) is 12.6 Å². The van der Waals surface area contributed by atoms with Crippen molar-refractivity contribution in [3.63, 3.8) is 0 Å². The highest BCUT2D eigenvalue weighted by molar-refractivity contribution is 7.10. The van der Waals surface area contributed by atoms with Crippen LogP contribution in [0.4, 0.5) is 0 Å². The molecule has 2 aromatic heterocycles. The fourth-order valence-corrected chi connectivity index (χ4v) is 5.14. The average molecular weight is 421 g/mol. The van der Waals surface area contributed by atoms with Crippen LogP contribution in [0.15, 0.2) is 69.2 Å². The minimum absolute atomic E-state index is 0.303. The molecular weight excluding hydrogens is 396 g/mol. The number of thiophene rings is 1. The SMILES string of the molecule is O=c1cc(CNC[C@@H](c2cccs2)N2CCOCC2)c2c(ccc3ccccc32)o1. The Morgan fingerprint density at radius 2 is 1.93 bits per heavy atom. The van der Waals surface area contributed by atoms with E-state index in [0.29, 0.717) is 18.2 Å². The largest absolute Gasteiger partial charge is 0.423 e. The fraction of sp³-hybridized carbons (Fsp3) is 0.292. The highest BCUT2D eigenvalue weighted by atomic mass is 32.1. The van der Waals surface area contributed by atoms with E-state index in [9.17, 15) is 4.79 Å². The van der Waals surface area contributed by atoms with Crippen molar-refractivity contribution in [3.8, 4) is 0 Å². The standard InChI is InChI=1S/C24H24N2O3S/c27-23-14-18(24-19-5-2-1-4-17(19)7-8-21(24)29-23)15-25-16-20(22-6-3-13-30-22)26-9-11-28-12-10-26/h1-8,13-14,20,25H,9-12,15-16H2/t20-/m0/s1. The summed E-state index contributed by atoms with van der Waals surface area (Å²) in [5, 5.41) is 9.01. The maximum absolute atomic E-state index is 12.2. The summed E-state index contributed by atoms with van der Waals surface area (Å²) in [6.45, 7) is 4.85. The van der Waals surface area contributed by atoms with Crippen LogP contribution in [0.5, 0.6) is 0 Å². The van der Waals surface area contributed by atoms with E-state index in [1.807, 2.05) is 24.3 Å². The lowest BCUT2D eigenvalue weighted by atomic mass is 10.0. The van der Waals surface area contributed by atoms with Gasteiger partial charge in [-0.05, 0) is 33.8 Å². The Kier molecular flexibility index (Phi) is 5.64. The molecule has 0 unspecified atom stereocenters. The molecule has 1 aliphatic heterocycles. The van der Waals surface area contributed by atoms with Gasteiger partial charge in [-0.2, -0.15) is 0 Å². The molecule has 5 nitrogen and oxygen atoms in total. The van der Waals surface area contributed by atoms with E-state index < -0.39 is 0 Å². The van der Waals surface area contributed by atoms with Crippen LogP contribution in [0.25, 0.3) is 21.7 Å². The summed E-state index contributed by atoms with van der Waals surface area (Å²) in [5.41, 5.74) is 1.31. The highest BCUT2D eigenvalue weighted by Crippen LogP contribution is 2.28. The molecule has 0 aliphatic carbocycles. The Hall–Kier alpha value is -2.51. The van der Waals surface area contributed by atoms with Gasteiger partial charge in [-0.1, -0.05) is 36.4 Å².